The smallest absolute Gasteiger partial charge is 0.340 e. The standard InChI is InChI=1S/C22H25FN4O3/c1-30-21(29)15-8-18(27-11-17(25-13-27)14-2-3-14)19(9-16(15)23)26-6-4-22(5-7-26)10-20(28)24-12-22/h8-9,11,13-14H,2-7,10,12H2,1H3,(H,24,28). The molecule has 2 saturated heterocycles. The zero-order chi connectivity index (χ0) is 20.9. The van der Waals surface area contributed by atoms with Crippen LogP contribution < -0.4 is 10.2 Å². The summed E-state index contributed by atoms with van der Waals surface area (Å²) < 4.78 is 21.5. The molecule has 3 aliphatic rings. The molecular weight excluding hydrogens is 387 g/mol. The number of carbonyl (C=O) groups excluding carboxylic acids is 2. The van der Waals surface area contributed by atoms with Crippen molar-refractivity contribution in [2.75, 3.05) is 31.6 Å². The minimum Gasteiger partial charge on any atom is -0.465 e. The Bertz CT molecular complexity index is 1010. The number of esters is 1. The highest BCUT2D eigenvalue weighted by molar-refractivity contribution is 5.91. The van der Waals surface area contributed by atoms with Crippen molar-refractivity contribution < 1.29 is 18.7 Å². The number of piperidine rings is 1. The maximum Gasteiger partial charge on any atom is 0.340 e. The van der Waals surface area contributed by atoms with Crippen molar-refractivity contribution in [1.82, 2.24) is 14.9 Å². The number of imidazole rings is 1. The van der Waals surface area contributed by atoms with Gasteiger partial charge in [0.2, 0.25) is 5.91 Å². The van der Waals surface area contributed by atoms with Crippen LogP contribution in [0.2, 0.25) is 0 Å². The van der Waals surface area contributed by atoms with E-state index < -0.39 is 11.8 Å². The van der Waals surface area contributed by atoms with Crippen LogP contribution in [0.5, 0.6) is 0 Å². The van der Waals surface area contributed by atoms with Crippen LogP contribution in [-0.4, -0.2) is 48.2 Å². The monoisotopic (exact) mass is 412 g/mol. The van der Waals surface area contributed by atoms with Gasteiger partial charge in [0.05, 0.1) is 36.1 Å². The van der Waals surface area contributed by atoms with E-state index in [9.17, 15) is 14.0 Å². The van der Waals surface area contributed by atoms with E-state index in [2.05, 4.69) is 15.2 Å². The first-order chi connectivity index (χ1) is 14.5. The average molecular weight is 412 g/mol. The summed E-state index contributed by atoms with van der Waals surface area (Å²) in [5.41, 5.74) is 2.39. The van der Waals surface area contributed by atoms with E-state index >= 15 is 0 Å². The summed E-state index contributed by atoms with van der Waals surface area (Å²) in [6.07, 6.45) is 8.28. The van der Waals surface area contributed by atoms with Gasteiger partial charge in [-0.15, -0.1) is 0 Å². The van der Waals surface area contributed by atoms with Crippen molar-refractivity contribution in [2.24, 2.45) is 5.41 Å². The topological polar surface area (TPSA) is 76.5 Å². The van der Waals surface area contributed by atoms with Crippen LogP contribution in [0.25, 0.3) is 5.69 Å². The van der Waals surface area contributed by atoms with E-state index in [1.165, 1.54) is 13.2 Å². The second kappa shape index (κ2) is 7.11. The van der Waals surface area contributed by atoms with Crippen LogP contribution >= 0.6 is 0 Å². The first kappa shape index (κ1) is 19.1. The SMILES string of the molecule is COC(=O)c1cc(-n2cnc(C3CC3)c2)c(N2CCC3(CC2)CNC(=O)C3)cc1F. The first-order valence-corrected chi connectivity index (χ1v) is 10.5. The predicted octanol–water partition coefficient (Wildman–Crippen LogP) is 2.78. The van der Waals surface area contributed by atoms with E-state index in [1.54, 1.807) is 12.4 Å². The number of rotatable bonds is 4. The molecule has 0 radical (unpaired) electrons. The zero-order valence-corrected chi connectivity index (χ0v) is 17.0. The summed E-state index contributed by atoms with van der Waals surface area (Å²) in [5.74, 6) is -0.682. The van der Waals surface area contributed by atoms with Crippen LogP contribution in [0.3, 0.4) is 0 Å². The molecule has 1 amide bonds. The lowest BCUT2D eigenvalue weighted by Crippen LogP contribution is -2.41. The Kier molecular flexibility index (Phi) is 4.52. The minimum atomic E-state index is -0.698. The van der Waals surface area contributed by atoms with Crippen LogP contribution in [-0.2, 0) is 9.53 Å². The molecule has 8 heteroatoms. The van der Waals surface area contributed by atoms with Gasteiger partial charge in [-0.3, -0.25) is 4.79 Å². The van der Waals surface area contributed by atoms with Crippen molar-refractivity contribution in [2.45, 2.75) is 38.0 Å². The third-order valence-corrected chi connectivity index (χ3v) is 6.71. The van der Waals surface area contributed by atoms with E-state index in [0.29, 0.717) is 24.6 Å². The molecule has 158 valence electrons. The summed E-state index contributed by atoms with van der Waals surface area (Å²) >= 11 is 0. The van der Waals surface area contributed by atoms with E-state index in [-0.39, 0.29) is 16.9 Å². The third-order valence-electron chi connectivity index (χ3n) is 6.71. The fourth-order valence-electron chi connectivity index (χ4n) is 4.66. The lowest BCUT2D eigenvalue weighted by molar-refractivity contribution is -0.119. The second-order valence-electron chi connectivity index (χ2n) is 8.73. The average Bonchev–Trinajstić information content (AvgIpc) is 3.38. The molecular formula is C22H25FN4O3. The first-order valence-electron chi connectivity index (χ1n) is 10.5. The molecule has 1 N–H and O–H groups in total. The van der Waals surface area contributed by atoms with Gasteiger partial charge in [-0.2, -0.15) is 0 Å². The van der Waals surface area contributed by atoms with Gasteiger partial charge in [0.15, 0.2) is 0 Å². The van der Waals surface area contributed by atoms with Gasteiger partial charge in [0.1, 0.15) is 5.82 Å². The van der Waals surface area contributed by atoms with Gasteiger partial charge >= 0.3 is 5.97 Å². The normalized spacial score (nSPS) is 20.5. The number of aromatic nitrogens is 2. The number of ether oxygens (including phenoxy) is 1. The molecule has 1 saturated carbocycles. The van der Waals surface area contributed by atoms with Crippen LogP contribution in [0, 0.1) is 11.2 Å². The molecule has 2 aromatic rings. The minimum absolute atomic E-state index is 0.00635. The molecule has 1 aromatic carbocycles. The van der Waals surface area contributed by atoms with Crippen molar-refractivity contribution >= 4 is 17.6 Å². The second-order valence-corrected chi connectivity index (χ2v) is 8.73. The molecule has 30 heavy (non-hydrogen) atoms. The number of benzene rings is 1. The Hall–Kier alpha value is -2.90. The van der Waals surface area contributed by atoms with Gasteiger partial charge in [0.25, 0.3) is 0 Å². The van der Waals surface area contributed by atoms with Crippen LogP contribution in [0.15, 0.2) is 24.7 Å². The molecule has 2 aliphatic heterocycles. The molecule has 1 spiro atoms. The largest absolute Gasteiger partial charge is 0.465 e. The van der Waals surface area contributed by atoms with Gasteiger partial charge in [-0.1, -0.05) is 0 Å². The Labute approximate surface area is 174 Å². The summed E-state index contributed by atoms with van der Waals surface area (Å²) in [6, 6.07) is 2.98. The molecule has 0 atom stereocenters. The molecule has 5 rings (SSSR count). The van der Waals surface area contributed by atoms with Crippen molar-refractivity contribution in [3.63, 3.8) is 0 Å². The maximum absolute atomic E-state index is 14.8. The van der Waals surface area contributed by atoms with E-state index in [4.69, 9.17) is 4.74 Å². The summed E-state index contributed by atoms with van der Waals surface area (Å²) in [4.78, 5) is 30.5. The van der Waals surface area contributed by atoms with Crippen LogP contribution in [0.1, 0.15) is 54.1 Å². The zero-order valence-electron chi connectivity index (χ0n) is 17.0. The number of hydrogen-bond donors (Lipinski definition) is 1. The molecule has 1 aromatic heterocycles. The van der Waals surface area contributed by atoms with Crippen molar-refractivity contribution in [3.05, 3.63) is 41.7 Å². The van der Waals surface area contributed by atoms with Gasteiger partial charge in [-0.25, -0.2) is 14.2 Å². The van der Waals surface area contributed by atoms with Gasteiger partial charge in [-0.05, 0) is 37.2 Å². The number of carbonyl (C=O) groups is 2. The number of hydrogen-bond acceptors (Lipinski definition) is 5. The Balaban J connectivity index is 1.49. The van der Waals surface area contributed by atoms with Gasteiger partial charge in [0, 0.05) is 44.2 Å². The van der Waals surface area contributed by atoms with Crippen molar-refractivity contribution in [3.8, 4) is 5.69 Å². The summed E-state index contributed by atoms with van der Waals surface area (Å²) in [5, 5.41) is 2.95. The molecule has 0 unspecified atom stereocenters. The quantitative estimate of drug-likeness (QED) is 0.782. The molecule has 3 heterocycles. The Morgan fingerprint density at radius 1 is 1.27 bits per heavy atom. The van der Waals surface area contributed by atoms with Gasteiger partial charge < -0.3 is 19.5 Å². The fraction of sp³-hybridized carbons (Fsp3) is 0.500. The Morgan fingerprint density at radius 3 is 2.67 bits per heavy atom. The lowest BCUT2D eigenvalue weighted by Gasteiger charge is -2.40. The maximum atomic E-state index is 14.8. The number of anilines is 1. The number of halogens is 1. The number of amides is 1. The lowest BCUT2D eigenvalue weighted by atomic mass is 9.77. The molecule has 0 bridgehead atoms. The molecule has 1 aliphatic carbocycles. The fourth-order valence-corrected chi connectivity index (χ4v) is 4.66. The third kappa shape index (κ3) is 3.34. The highest BCUT2D eigenvalue weighted by atomic mass is 19.1. The summed E-state index contributed by atoms with van der Waals surface area (Å²) in [7, 11) is 1.25. The van der Waals surface area contributed by atoms with E-state index in [1.807, 2.05) is 10.8 Å². The van der Waals surface area contributed by atoms with Crippen molar-refractivity contribution in [1.29, 1.82) is 0 Å². The molecule has 3 fully saturated rings. The predicted molar refractivity (Wildman–Crippen MR) is 108 cm³/mol. The number of nitrogens with one attached hydrogen (secondary N) is 1. The number of methoxy groups -OCH3 is 1. The summed E-state index contributed by atoms with van der Waals surface area (Å²) in [6.45, 7) is 2.17. The Morgan fingerprint density at radius 2 is 2.03 bits per heavy atom. The number of nitrogens with zero attached hydrogens (tertiary/aromatic N) is 3. The molecule has 7 nitrogen and oxygen atoms in total. The highest BCUT2D eigenvalue weighted by Crippen LogP contribution is 2.42. The van der Waals surface area contributed by atoms with E-state index in [0.717, 1.165) is 50.2 Å². The van der Waals surface area contributed by atoms with Crippen LogP contribution in [0.4, 0.5) is 10.1 Å². The highest BCUT2D eigenvalue weighted by Gasteiger charge is 2.41.